The fraction of sp³-hybridized carbons (Fsp3) is 0.100. The first-order chi connectivity index (χ1) is 12.0. The summed E-state index contributed by atoms with van der Waals surface area (Å²) >= 11 is 0. The summed E-state index contributed by atoms with van der Waals surface area (Å²) < 4.78 is 41.6. The van der Waals surface area contributed by atoms with Crippen LogP contribution in [0.5, 0.6) is 0 Å². The Bertz CT molecular complexity index is 958. The summed E-state index contributed by atoms with van der Waals surface area (Å²) in [5.74, 6) is -0.432. The van der Waals surface area contributed by atoms with Gasteiger partial charge in [0.2, 0.25) is 0 Å². The Morgan fingerprint density at radius 3 is 2.08 bits per heavy atom. The quantitative estimate of drug-likeness (QED) is 0.674. The van der Waals surface area contributed by atoms with E-state index in [-0.39, 0.29) is 11.4 Å². The second-order valence-corrected chi connectivity index (χ2v) is 7.61. The summed E-state index contributed by atoms with van der Waals surface area (Å²) in [5.41, 5.74) is 1.60. The monoisotopic (exact) mass is 355 g/mol. The highest BCUT2D eigenvalue weighted by molar-refractivity contribution is 7.92. The summed E-state index contributed by atoms with van der Waals surface area (Å²) in [6.07, 6.45) is 0. The van der Waals surface area contributed by atoms with Crippen LogP contribution >= 0.6 is 0 Å². The molecule has 0 N–H and O–H groups in total. The molecule has 0 unspecified atom stereocenters. The first-order valence-corrected chi connectivity index (χ1v) is 9.30. The van der Waals surface area contributed by atoms with Crippen molar-refractivity contribution in [2.24, 2.45) is 0 Å². The Balaban J connectivity index is 2.10. The molecular formula is C20H18FNO2S. The number of nitrogens with zero attached hydrogens (tertiary/aromatic N) is 1. The maximum absolute atomic E-state index is 14.0. The van der Waals surface area contributed by atoms with Gasteiger partial charge < -0.3 is 0 Å². The van der Waals surface area contributed by atoms with Crippen LogP contribution in [0, 0.1) is 12.7 Å². The number of rotatable bonds is 5. The second-order valence-electron chi connectivity index (χ2n) is 5.74. The van der Waals surface area contributed by atoms with Crippen LogP contribution in [0.4, 0.5) is 10.1 Å². The van der Waals surface area contributed by atoms with Gasteiger partial charge in [0.1, 0.15) is 5.82 Å². The van der Waals surface area contributed by atoms with Gasteiger partial charge in [0.05, 0.1) is 17.1 Å². The van der Waals surface area contributed by atoms with Gasteiger partial charge in [0, 0.05) is 0 Å². The minimum atomic E-state index is -3.82. The van der Waals surface area contributed by atoms with Crippen LogP contribution in [0.1, 0.15) is 11.1 Å². The third-order valence-corrected chi connectivity index (χ3v) is 5.73. The molecule has 3 rings (SSSR count). The van der Waals surface area contributed by atoms with Crippen LogP contribution < -0.4 is 4.31 Å². The van der Waals surface area contributed by atoms with Crippen molar-refractivity contribution in [2.75, 3.05) is 4.31 Å². The Morgan fingerprint density at radius 1 is 0.880 bits per heavy atom. The lowest BCUT2D eigenvalue weighted by molar-refractivity contribution is 0.589. The van der Waals surface area contributed by atoms with Gasteiger partial charge in [-0.2, -0.15) is 0 Å². The van der Waals surface area contributed by atoms with E-state index in [1.54, 1.807) is 37.3 Å². The standard InChI is InChI=1S/C20H18FNO2S/c1-16-12-13-18(14-20(16)21)22(15-17-8-4-2-5-9-17)25(23,24)19-10-6-3-7-11-19/h2-14H,15H2,1H3. The average Bonchev–Trinajstić information content (AvgIpc) is 2.63. The molecule has 0 aliphatic carbocycles. The maximum atomic E-state index is 14.0. The smallest absolute Gasteiger partial charge is 0.262 e. The molecule has 5 heteroatoms. The zero-order chi connectivity index (χ0) is 17.9. The predicted molar refractivity (Wildman–Crippen MR) is 97.4 cm³/mol. The molecule has 0 spiro atoms. The summed E-state index contributed by atoms with van der Waals surface area (Å²) in [6.45, 7) is 1.77. The second kappa shape index (κ2) is 7.07. The lowest BCUT2D eigenvalue weighted by Crippen LogP contribution is -2.30. The van der Waals surface area contributed by atoms with Gasteiger partial charge in [-0.25, -0.2) is 12.8 Å². The van der Waals surface area contributed by atoms with Gasteiger partial charge in [-0.05, 0) is 42.3 Å². The lowest BCUT2D eigenvalue weighted by Gasteiger charge is -2.25. The number of halogens is 1. The highest BCUT2D eigenvalue weighted by Crippen LogP contribution is 2.27. The Labute approximate surface area is 147 Å². The molecule has 25 heavy (non-hydrogen) atoms. The van der Waals surface area contributed by atoms with Gasteiger partial charge in [-0.1, -0.05) is 54.6 Å². The first-order valence-electron chi connectivity index (χ1n) is 7.86. The van der Waals surface area contributed by atoms with Crippen molar-refractivity contribution in [3.05, 3.63) is 95.8 Å². The zero-order valence-corrected chi connectivity index (χ0v) is 14.6. The molecule has 0 fully saturated rings. The van der Waals surface area contributed by atoms with E-state index in [1.807, 2.05) is 30.3 Å². The van der Waals surface area contributed by atoms with Gasteiger partial charge in [-0.15, -0.1) is 0 Å². The van der Waals surface area contributed by atoms with Crippen molar-refractivity contribution in [1.29, 1.82) is 0 Å². The molecule has 3 nitrogen and oxygen atoms in total. The van der Waals surface area contributed by atoms with Crippen molar-refractivity contribution in [3.63, 3.8) is 0 Å². The minimum Gasteiger partial charge on any atom is -0.262 e. The van der Waals surface area contributed by atoms with Crippen LogP contribution in [0.25, 0.3) is 0 Å². The highest BCUT2D eigenvalue weighted by Gasteiger charge is 2.25. The normalized spacial score (nSPS) is 11.3. The number of anilines is 1. The van der Waals surface area contributed by atoms with Crippen molar-refractivity contribution >= 4 is 15.7 Å². The van der Waals surface area contributed by atoms with Gasteiger partial charge >= 0.3 is 0 Å². The lowest BCUT2D eigenvalue weighted by atomic mass is 10.2. The number of sulfonamides is 1. The van der Waals surface area contributed by atoms with Crippen LogP contribution in [0.2, 0.25) is 0 Å². The maximum Gasteiger partial charge on any atom is 0.264 e. The Morgan fingerprint density at radius 2 is 1.48 bits per heavy atom. The molecule has 0 amide bonds. The summed E-state index contributed by atoms with van der Waals surface area (Å²) in [4.78, 5) is 0.173. The predicted octanol–water partition coefficient (Wildman–Crippen LogP) is 4.53. The SMILES string of the molecule is Cc1ccc(N(Cc2ccccc2)S(=O)(=O)c2ccccc2)cc1F. The first kappa shape index (κ1) is 17.2. The van der Waals surface area contributed by atoms with Crippen LogP contribution in [0.3, 0.4) is 0 Å². The molecule has 0 aliphatic heterocycles. The van der Waals surface area contributed by atoms with Gasteiger partial charge in [-0.3, -0.25) is 4.31 Å². The number of aryl methyl sites for hydroxylation is 1. The molecule has 0 bridgehead atoms. The van der Waals surface area contributed by atoms with E-state index in [9.17, 15) is 12.8 Å². The van der Waals surface area contributed by atoms with E-state index in [2.05, 4.69) is 0 Å². The molecule has 0 aliphatic rings. The summed E-state index contributed by atoms with van der Waals surface area (Å²) in [5, 5.41) is 0. The Kier molecular flexibility index (Phi) is 4.86. The number of hydrogen-bond acceptors (Lipinski definition) is 2. The molecule has 0 saturated carbocycles. The van der Waals surface area contributed by atoms with E-state index >= 15 is 0 Å². The Hall–Kier alpha value is -2.66. The molecule has 0 heterocycles. The fourth-order valence-electron chi connectivity index (χ4n) is 2.52. The van der Waals surface area contributed by atoms with E-state index in [0.717, 1.165) is 5.56 Å². The minimum absolute atomic E-state index is 0.126. The third-order valence-electron chi connectivity index (χ3n) is 3.94. The molecule has 3 aromatic carbocycles. The molecule has 0 radical (unpaired) electrons. The average molecular weight is 355 g/mol. The van der Waals surface area contributed by atoms with Crippen LogP contribution in [0.15, 0.2) is 83.8 Å². The number of benzene rings is 3. The summed E-state index contributed by atoms with van der Waals surface area (Å²) in [6, 6.07) is 21.9. The van der Waals surface area contributed by atoms with E-state index in [4.69, 9.17) is 0 Å². The topological polar surface area (TPSA) is 37.4 Å². The van der Waals surface area contributed by atoms with E-state index in [0.29, 0.717) is 11.3 Å². The summed E-state index contributed by atoms with van der Waals surface area (Å²) in [7, 11) is -3.82. The largest absolute Gasteiger partial charge is 0.264 e. The molecule has 128 valence electrons. The number of hydrogen-bond donors (Lipinski definition) is 0. The van der Waals surface area contributed by atoms with Crippen molar-refractivity contribution in [1.82, 2.24) is 0 Å². The van der Waals surface area contributed by atoms with Crippen molar-refractivity contribution < 1.29 is 12.8 Å². The van der Waals surface area contributed by atoms with E-state index in [1.165, 1.54) is 22.5 Å². The van der Waals surface area contributed by atoms with Crippen molar-refractivity contribution in [3.8, 4) is 0 Å². The molecule has 0 aromatic heterocycles. The highest BCUT2D eigenvalue weighted by atomic mass is 32.2. The zero-order valence-electron chi connectivity index (χ0n) is 13.8. The van der Waals surface area contributed by atoms with E-state index < -0.39 is 15.8 Å². The molecular weight excluding hydrogens is 337 g/mol. The third kappa shape index (κ3) is 3.72. The van der Waals surface area contributed by atoms with Crippen LogP contribution in [-0.2, 0) is 16.6 Å². The van der Waals surface area contributed by atoms with Gasteiger partial charge in [0.15, 0.2) is 0 Å². The molecule has 0 atom stereocenters. The molecule has 0 saturated heterocycles. The fourth-order valence-corrected chi connectivity index (χ4v) is 3.99. The molecule has 3 aromatic rings. The van der Waals surface area contributed by atoms with Crippen LogP contribution in [-0.4, -0.2) is 8.42 Å². The van der Waals surface area contributed by atoms with Crippen molar-refractivity contribution in [2.45, 2.75) is 18.4 Å². The van der Waals surface area contributed by atoms with Gasteiger partial charge in [0.25, 0.3) is 10.0 Å².